The number of ether oxygens (including phenoxy) is 3. The van der Waals surface area contributed by atoms with Crippen molar-refractivity contribution in [2.75, 3.05) is 39.5 Å². The van der Waals surface area contributed by atoms with Crippen LogP contribution in [0, 0.1) is 5.41 Å². The second-order valence-corrected chi connectivity index (χ2v) is 7.36. The molecule has 6 nitrogen and oxygen atoms in total. The number of amides is 1. The largest absolute Gasteiger partial charge is 0.486 e. The highest BCUT2D eigenvalue weighted by molar-refractivity contribution is 5.95. The van der Waals surface area contributed by atoms with Gasteiger partial charge in [-0.2, -0.15) is 0 Å². The average Bonchev–Trinajstić information content (AvgIpc) is 2.68. The van der Waals surface area contributed by atoms with Gasteiger partial charge in [-0.3, -0.25) is 4.79 Å². The number of nitrogens with two attached hydrogens (primary N) is 1. The van der Waals surface area contributed by atoms with Crippen molar-refractivity contribution in [1.29, 1.82) is 0 Å². The van der Waals surface area contributed by atoms with E-state index in [-0.39, 0.29) is 17.4 Å². The molecule has 3 aliphatic heterocycles. The second-order valence-electron chi connectivity index (χ2n) is 7.36. The fraction of sp³-hybridized carbons (Fsp3) is 0.632. The number of piperidine rings is 1. The SMILES string of the molecule is NCC1CCC2(CCN(C(=O)c3ccc4c(c3)OCCO4)CC2)CO1. The third kappa shape index (κ3) is 3.33. The first-order valence-corrected chi connectivity index (χ1v) is 9.20. The van der Waals surface area contributed by atoms with Gasteiger partial charge in [-0.1, -0.05) is 0 Å². The van der Waals surface area contributed by atoms with E-state index in [2.05, 4.69) is 0 Å². The van der Waals surface area contributed by atoms with Crippen molar-refractivity contribution in [3.8, 4) is 11.5 Å². The molecule has 136 valence electrons. The van der Waals surface area contributed by atoms with Crippen molar-refractivity contribution in [3.05, 3.63) is 23.8 Å². The van der Waals surface area contributed by atoms with Crippen LogP contribution in [0.25, 0.3) is 0 Å². The molecule has 6 heteroatoms. The molecule has 0 bridgehead atoms. The van der Waals surface area contributed by atoms with Crippen molar-refractivity contribution in [1.82, 2.24) is 4.90 Å². The van der Waals surface area contributed by atoms with Crippen molar-refractivity contribution in [2.45, 2.75) is 31.8 Å². The van der Waals surface area contributed by atoms with Gasteiger partial charge < -0.3 is 24.8 Å². The van der Waals surface area contributed by atoms with Crippen LogP contribution in [-0.4, -0.2) is 56.4 Å². The zero-order valence-corrected chi connectivity index (χ0v) is 14.5. The fourth-order valence-electron chi connectivity index (χ4n) is 4.04. The van der Waals surface area contributed by atoms with Gasteiger partial charge in [-0.05, 0) is 49.3 Å². The van der Waals surface area contributed by atoms with E-state index in [0.29, 0.717) is 36.8 Å². The van der Waals surface area contributed by atoms with Crippen molar-refractivity contribution in [3.63, 3.8) is 0 Å². The summed E-state index contributed by atoms with van der Waals surface area (Å²) in [5.74, 6) is 1.46. The molecule has 0 saturated carbocycles. The van der Waals surface area contributed by atoms with E-state index in [1.54, 1.807) is 6.07 Å². The number of rotatable bonds is 2. The third-order valence-electron chi connectivity index (χ3n) is 5.79. The summed E-state index contributed by atoms with van der Waals surface area (Å²) in [4.78, 5) is 14.8. The predicted molar refractivity (Wildman–Crippen MR) is 93.0 cm³/mol. The Kier molecular flexibility index (Phi) is 4.56. The van der Waals surface area contributed by atoms with Gasteiger partial charge >= 0.3 is 0 Å². The molecule has 2 fully saturated rings. The number of carbonyl (C=O) groups is 1. The molecule has 1 amide bonds. The molecule has 1 aromatic carbocycles. The van der Waals surface area contributed by atoms with Gasteiger partial charge in [0.05, 0.1) is 12.7 Å². The van der Waals surface area contributed by atoms with Gasteiger partial charge in [0.2, 0.25) is 0 Å². The topological polar surface area (TPSA) is 74.0 Å². The lowest BCUT2D eigenvalue weighted by Crippen LogP contribution is -2.48. The van der Waals surface area contributed by atoms with Crippen LogP contribution in [-0.2, 0) is 4.74 Å². The summed E-state index contributed by atoms with van der Waals surface area (Å²) in [5, 5.41) is 0. The number of hydrogen-bond donors (Lipinski definition) is 1. The first kappa shape index (κ1) is 16.7. The minimum absolute atomic E-state index is 0.0726. The van der Waals surface area contributed by atoms with Crippen LogP contribution < -0.4 is 15.2 Å². The number of hydrogen-bond acceptors (Lipinski definition) is 5. The maximum atomic E-state index is 12.8. The number of likely N-dealkylation sites (tertiary alicyclic amines) is 1. The Balaban J connectivity index is 1.38. The van der Waals surface area contributed by atoms with E-state index in [9.17, 15) is 4.79 Å². The summed E-state index contributed by atoms with van der Waals surface area (Å²) in [6.45, 7) is 4.03. The molecular weight excluding hydrogens is 320 g/mol. The van der Waals surface area contributed by atoms with E-state index in [4.69, 9.17) is 19.9 Å². The van der Waals surface area contributed by atoms with E-state index < -0.39 is 0 Å². The quantitative estimate of drug-likeness (QED) is 0.884. The van der Waals surface area contributed by atoms with Gasteiger partial charge in [0.15, 0.2) is 11.5 Å². The minimum Gasteiger partial charge on any atom is -0.486 e. The number of nitrogens with zero attached hydrogens (tertiary/aromatic N) is 1. The second kappa shape index (κ2) is 6.84. The van der Waals surface area contributed by atoms with Crippen LogP contribution in [0.3, 0.4) is 0 Å². The number of benzene rings is 1. The normalized spacial score (nSPS) is 25.0. The lowest BCUT2D eigenvalue weighted by molar-refractivity contribution is -0.0790. The Hall–Kier alpha value is -1.79. The van der Waals surface area contributed by atoms with Gasteiger partial charge in [0, 0.05) is 25.2 Å². The Morgan fingerprint density at radius 1 is 1.16 bits per heavy atom. The van der Waals surface area contributed by atoms with E-state index in [1.165, 1.54) is 0 Å². The van der Waals surface area contributed by atoms with Gasteiger partial charge in [-0.25, -0.2) is 0 Å². The van der Waals surface area contributed by atoms with E-state index >= 15 is 0 Å². The highest BCUT2D eigenvalue weighted by atomic mass is 16.6. The van der Waals surface area contributed by atoms with Crippen LogP contribution in [0.1, 0.15) is 36.0 Å². The van der Waals surface area contributed by atoms with Crippen LogP contribution in [0.5, 0.6) is 11.5 Å². The molecule has 0 radical (unpaired) electrons. The maximum Gasteiger partial charge on any atom is 0.253 e. The molecule has 3 heterocycles. The van der Waals surface area contributed by atoms with Gasteiger partial charge in [0.25, 0.3) is 5.91 Å². The van der Waals surface area contributed by atoms with Crippen LogP contribution >= 0.6 is 0 Å². The van der Waals surface area contributed by atoms with Crippen LogP contribution in [0.15, 0.2) is 18.2 Å². The lowest BCUT2D eigenvalue weighted by Gasteiger charge is -2.45. The van der Waals surface area contributed by atoms with E-state index in [0.717, 1.165) is 45.4 Å². The summed E-state index contributed by atoms with van der Waals surface area (Å²) >= 11 is 0. The monoisotopic (exact) mass is 346 g/mol. The Morgan fingerprint density at radius 3 is 2.60 bits per heavy atom. The van der Waals surface area contributed by atoms with Crippen LogP contribution in [0.4, 0.5) is 0 Å². The predicted octanol–water partition coefficient (Wildman–Crippen LogP) is 1.82. The highest BCUT2D eigenvalue weighted by Gasteiger charge is 2.39. The molecule has 2 N–H and O–H groups in total. The summed E-state index contributed by atoms with van der Waals surface area (Å²) in [5.41, 5.74) is 6.60. The molecule has 0 aromatic heterocycles. The highest BCUT2D eigenvalue weighted by Crippen LogP contribution is 2.41. The standard InChI is InChI=1S/C19H26N2O4/c20-12-15-3-4-19(13-25-15)5-7-21(8-6-19)18(22)14-1-2-16-17(11-14)24-10-9-23-16/h1-2,11,15H,3-10,12-13,20H2. The average molecular weight is 346 g/mol. The zero-order valence-electron chi connectivity index (χ0n) is 14.5. The molecule has 1 aromatic rings. The molecule has 3 aliphatic rings. The molecule has 1 atom stereocenters. The maximum absolute atomic E-state index is 12.8. The molecule has 1 unspecified atom stereocenters. The van der Waals surface area contributed by atoms with Crippen molar-refractivity contribution < 1.29 is 19.0 Å². The summed E-state index contributed by atoms with van der Waals surface area (Å²) < 4.78 is 17.0. The van der Waals surface area contributed by atoms with Crippen molar-refractivity contribution >= 4 is 5.91 Å². The number of fused-ring (bicyclic) bond motifs is 1. The molecule has 1 spiro atoms. The van der Waals surface area contributed by atoms with Gasteiger partial charge in [0.1, 0.15) is 13.2 Å². The Bertz CT molecular complexity index is 630. The summed E-state index contributed by atoms with van der Waals surface area (Å²) in [7, 11) is 0. The first-order valence-electron chi connectivity index (χ1n) is 9.20. The summed E-state index contributed by atoms with van der Waals surface area (Å²) in [6, 6.07) is 5.46. The lowest BCUT2D eigenvalue weighted by atomic mass is 9.73. The first-order chi connectivity index (χ1) is 12.2. The molecule has 4 rings (SSSR count). The Morgan fingerprint density at radius 2 is 1.92 bits per heavy atom. The minimum atomic E-state index is 0.0726. The summed E-state index contributed by atoms with van der Waals surface area (Å²) in [6.07, 6.45) is 4.40. The molecular formula is C19H26N2O4. The van der Waals surface area contributed by atoms with Crippen molar-refractivity contribution in [2.24, 2.45) is 11.1 Å². The number of carbonyl (C=O) groups excluding carboxylic acids is 1. The van der Waals surface area contributed by atoms with Gasteiger partial charge in [-0.15, -0.1) is 0 Å². The fourth-order valence-corrected chi connectivity index (χ4v) is 4.04. The van der Waals surface area contributed by atoms with Crippen LogP contribution in [0.2, 0.25) is 0 Å². The molecule has 2 saturated heterocycles. The molecule has 0 aliphatic carbocycles. The Labute approximate surface area is 148 Å². The zero-order chi connectivity index (χ0) is 17.3. The smallest absolute Gasteiger partial charge is 0.253 e. The van der Waals surface area contributed by atoms with E-state index in [1.807, 2.05) is 17.0 Å². The third-order valence-corrected chi connectivity index (χ3v) is 5.79. The molecule has 25 heavy (non-hydrogen) atoms.